The van der Waals surface area contributed by atoms with Crippen molar-refractivity contribution in [2.75, 3.05) is 18.5 Å². The van der Waals surface area contributed by atoms with Crippen molar-refractivity contribution in [3.63, 3.8) is 0 Å². The molecule has 6 heteroatoms. The fourth-order valence-corrected chi connectivity index (χ4v) is 3.30. The Balaban J connectivity index is 1.64. The molecular formula is C12H17N3O2S. The van der Waals surface area contributed by atoms with Crippen LogP contribution in [0.5, 0.6) is 0 Å². The molecule has 2 aliphatic rings. The number of carbonyl (C=O) groups is 1. The van der Waals surface area contributed by atoms with Crippen LogP contribution in [0.3, 0.4) is 0 Å². The molecule has 0 aliphatic carbocycles. The van der Waals surface area contributed by atoms with Gasteiger partial charge in [0.2, 0.25) is 5.91 Å². The van der Waals surface area contributed by atoms with Gasteiger partial charge in [-0.1, -0.05) is 17.8 Å². The van der Waals surface area contributed by atoms with E-state index in [0.29, 0.717) is 11.7 Å². The average molecular weight is 267 g/mol. The molecule has 0 spiro atoms. The molecule has 0 radical (unpaired) electrons. The van der Waals surface area contributed by atoms with Gasteiger partial charge in [0.05, 0.1) is 29.8 Å². The van der Waals surface area contributed by atoms with Gasteiger partial charge in [0.1, 0.15) is 0 Å². The van der Waals surface area contributed by atoms with E-state index in [2.05, 4.69) is 15.6 Å². The number of rotatable bonds is 2. The molecule has 1 amide bonds. The lowest BCUT2D eigenvalue weighted by molar-refractivity contribution is -0.118. The molecule has 1 fully saturated rings. The van der Waals surface area contributed by atoms with Crippen LogP contribution in [0.25, 0.3) is 0 Å². The molecular weight excluding hydrogens is 250 g/mol. The van der Waals surface area contributed by atoms with Crippen molar-refractivity contribution in [3.8, 4) is 0 Å². The fraction of sp³-hybridized carbons (Fsp3) is 0.667. The van der Waals surface area contributed by atoms with Crippen molar-refractivity contribution in [2.45, 2.75) is 38.3 Å². The van der Waals surface area contributed by atoms with E-state index in [9.17, 15) is 4.79 Å². The van der Waals surface area contributed by atoms with Crippen LogP contribution < -0.4 is 10.6 Å². The van der Waals surface area contributed by atoms with Crippen LogP contribution in [-0.2, 0) is 22.6 Å². The van der Waals surface area contributed by atoms with Crippen LogP contribution in [-0.4, -0.2) is 30.1 Å². The lowest BCUT2D eigenvalue weighted by atomic mass is 10.0. The second kappa shape index (κ2) is 5.34. The molecule has 98 valence electrons. The predicted molar refractivity (Wildman–Crippen MR) is 69.7 cm³/mol. The van der Waals surface area contributed by atoms with Crippen molar-refractivity contribution >= 4 is 22.4 Å². The third kappa shape index (κ3) is 2.55. The van der Waals surface area contributed by atoms with Crippen molar-refractivity contribution in [1.82, 2.24) is 10.3 Å². The number of piperidine rings is 1. The first-order valence-corrected chi connectivity index (χ1v) is 7.25. The van der Waals surface area contributed by atoms with E-state index in [1.165, 1.54) is 11.3 Å². The van der Waals surface area contributed by atoms with Crippen LogP contribution in [0.1, 0.15) is 29.8 Å². The van der Waals surface area contributed by atoms with E-state index in [-0.39, 0.29) is 11.9 Å². The van der Waals surface area contributed by atoms with Gasteiger partial charge >= 0.3 is 0 Å². The van der Waals surface area contributed by atoms with Gasteiger partial charge in [0.15, 0.2) is 5.13 Å². The van der Waals surface area contributed by atoms with Crippen LogP contribution in [0.4, 0.5) is 5.13 Å². The maximum absolute atomic E-state index is 12.0. The molecule has 0 saturated carbocycles. The molecule has 1 aromatic rings. The minimum atomic E-state index is -0.0593. The number of hydrogen-bond donors (Lipinski definition) is 2. The van der Waals surface area contributed by atoms with E-state index in [1.54, 1.807) is 0 Å². The summed E-state index contributed by atoms with van der Waals surface area (Å²) >= 11 is 1.53. The fourth-order valence-electron chi connectivity index (χ4n) is 2.35. The maximum atomic E-state index is 12.0. The zero-order valence-corrected chi connectivity index (χ0v) is 11.0. The highest BCUT2D eigenvalue weighted by molar-refractivity contribution is 7.15. The van der Waals surface area contributed by atoms with Crippen molar-refractivity contribution in [2.24, 2.45) is 0 Å². The molecule has 2 aliphatic heterocycles. The largest absolute Gasteiger partial charge is 0.375 e. The number of thiazole rings is 1. The van der Waals surface area contributed by atoms with Crippen LogP contribution in [0.2, 0.25) is 0 Å². The van der Waals surface area contributed by atoms with Crippen LogP contribution >= 0.6 is 11.3 Å². The van der Waals surface area contributed by atoms with Crippen molar-refractivity contribution in [1.29, 1.82) is 0 Å². The molecule has 2 N–H and O–H groups in total. The van der Waals surface area contributed by atoms with Gasteiger partial charge in [-0.25, -0.2) is 4.98 Å². The lowest BCUT2D eigenvalue weighted by Crippen LogP contribution is -2.43. The summed E-state index contributed by atoms with van der Waals surface area (Å²) in [6.45, 7) is 2.29. The van der Waals surface area contributed by atoms with E-state index in [4.69, 9.17) is 4.74 Å². The van der Waals surface area contributed by atoms with Crippen molar-refractivity contribution in [3.05, 3.63) is 10.6 Å². The Bertz CT molecular complexity index is 417. The molecule has 3 heterocycles. The molecule has 0 bridgehead atoms. The Hall–Kier alpha value is -0.980. The summed E-state index contributed by atoms with van der Waals surface area (Å²) in [6, 6.07) is -0.0593. The quantitative estimate of drug-likeness (QED) is 0.847. The SMILES string of the molecule is O=C(Nc1nc2c(s1)COCC2)C1CCCCN1. The first kappa shape index (κ1) is 12.1. The molecule has 5 nitrogen and oxygen atoms in total. The Morgan fingerprint density at radius 1 is 1.50 bits per heavy atom. The van der Waals surface area contributed by atoms with E-state index >= 15 is 0 Å². The van der Waals surface area contributed by atoms with E-state index in [0.717, 1.165) is 49.4 Å². The summed E-state index contributed by atoms with van der Waals surface area (Å²) in [5.74, 6) is 0.0433. The number of aromatic nitrogens is 1. The smallest absolute Gasteiger partial charge is 0.243 e. The molecule has 1 saturated heterocycles. The van der Waals surface area contributed by atoms with Gasteiger partial charge in [0, 0.05) is 6.42 Å². The van der Waals surface area contributed by atoms with E-state index < -0.39 is 0 Å². The summed E-state index contributed by atoms with van der Waals surface area (Å²) < 4.78 is 5.38. The average Bonchev–Trinajstić information content (AvgIpc) is 2.82. The second-order valence-electron chi connectivity index (χ2n) is 4.68. The molecule has 1 aromatic heterocycles. The molecule has 1 atom stereocenters. The second-order valence-corrected chi connectivity index (χ2v) is 5.77. The van der Waals surface area contributed by atoms with Crippen LogP contribution in [0.15, 0.2) is 0 Å². The Kier molecular flexibility index (Phi) is 3.58. The third-order valence-electron chi connectivity index (χ3n) is 3.35. The topological polar surface area (TPSA) is 63.2 Å². The highest BCUT2D eigenvalue weighted by Gasteiger charge is 2.22. The molecule has 3 rings (SSSR count). The maximum Gasteiger partial charge on any atom is 0.243 e. The van der Waals surface area contributed by atoms with Gasteiger partial charge < -0.3 is 15.4 Å². The number of amides is 1. The van der Waals surface area contributed by atoms with E-state index in [1.807, 2.05) is 0 Å². The normalized spacial score (nSPS) is 23.4. The first-order chi connectivity index (χ1) is 8.83. The Labute approximate surface area is 110 Å². The number of carbonyl (C=O) groups excluding carboxylic acids is 1. The van der Waals surface area contributed by atoms with Gasteiger partial charge in [-0.05, 0) is 19.4 Å². The van der Waals surface area contributed by atoms with Crippen molar-refractivity contribution < 1.29 is 9.53 Å². The first-order valence-electron chi connectivity index (χ1n) is 6.43. The predicted octanol–water partition coefficient (Wildman–Crippen LogP) is 1.30. The summed E-state index contributed by atoms with van der Waals surface area (Å²) in [6.07, 6.45) is 4.05. The third-order valence-corrected chi connectivity index (χ3v) is 4.34. The van der Waals surface area contributed by atoms with Gasteiger partial charge in [0.25, 0.3) is 0 Å². The summed E-state index contributed by atoms with van der Waals surface area (Å²) in [5.41, 5.74) is 1.08. The van der Waals surface area contributed by atoms with Gasteiger partial charge in [-0.15, -0.1) is 0 Å². The molecule has 0 aromatic carbocycles. The zero-order chi connectivity index (χ0) is 12.4. The molecule has 1 unspecified atom stereocenters. The van der Waals surface area contributed by atoms with Gasteiger partial charge in [-0.2, -0.15) is 0 Å². The number of hydrogen-bond acceptors (Lipinski definition) is 5. The summed E-state index contributed by atoms with van der Waals surface area (Å²) in [5, 5.41) is 6.87. The number of anilines is 1. The standard InChI is InChI=1S/C12H17N3O2S/c16-11(9-3-1-2-5-13-9)15-12-14-8-4-6-17-7-10(8)18-12/h9,13H,1-7H2,(H,14,15,16). The highest BCUT2D eigenvalue weighted by atomic mass is 32.1. The Morgan fingerprint density at radius 2 is 2.44 bits per heavy atom. The van der Waals surface area contributed by atoms with Gasteiger partial charge in [-0.3, -0.25) is 4.79 Å². The number of nitrogens with one attached hydrogen (secondary N) is 2. The van der Waals surface area contributed by atoms with Crippen LogP contribution in [0, 0.1) is 0 Å². The Morgan fingerprint density at radius 3 is 3.22 bits per heavy atom. The number of nitrogens with zero attached hydrogens (tertiary/aromatic N) is 1. The zero-order valence-electron chi connectivity index (χ0n) is 10.2. The molecule has 18 heavy (non-hydrogen) atoms. The summed E-state index contributed by atoms with van der Waals surface area (Å²) in [7, 11) is 0. The number of fused-ring (bicyclic) bond motifs is 1. The minimum absolute atomic E-state index is 0.0433. The minimum Gasteiger partial charge on any atom is -0.375 e. The highest BCUT2D eigenvalue weighted by Crippen LogP contribution is 2.27. The summed E-state index contributed by atoms with van der Waals surface area (Å²) in [4.78, 5) is 17.7. The number of ether oxygens (including phenoxy) is 1. The monoisotopic (exact) mass is 267 g/mol. The lowest BCUT2D eigenvalue weighted by Gasteiger charge is -2.21.